The van der Waals surface area contributed by atoms with E-state index >= 15 is 0 Å². The number of carbonyl (C=O) groups excluding carboxylic acids is 1. The molecule has 2 aliphatic rings. The molecule has 5 rings (SSSR count). The van der Waals surface area contributed by atoms with Gasteiger partial charge < -0.3 is 4.90 Å². The Morgan fingerprint density at radius 2 is 1.74 bits per heavy atom. The summed E-state index contributed by atoms with van der Waals surface area (Å²) in [6.45, 7) is 10.7. The minimum Gasteiger partial charge on any atom is -0.366 e. The number of carbonyl (C=O) groups is 1. The monoisotopic (exact) mass is 557 g/mol. The van der Waals surface area contributed by atoms with Gasteiger partial charge in [-0.25, -0.2) is 4.99 Å². The summed E-state index contributed by atoms with van der Waals surface area (Å²) in [4.78, 5) is 23.5. The number of rotatable bonds is 7. The molecule has 0 bridgehead atoms. The molecule has 2 aliphatic heterocycles. The van der Waals surface area contributed by atoms with Gasteiger partial charge in [-0.15, -0.1) is 0 Å². The maximum atomic E-state index is 13.7. The van der Waals surface area contributed by atoms with E-state index in [1.54, 1.807) is 4.90 Å². The van der Waals surface area contributed by atoms with Crippen LogP contribution in [0.2, 0.25) is 5.02 Å². The van der Waals surface area contributed by atoms with Crippen LogP contribution >= 0.6 is 23.4 Å². The van der Waals surface area contributed by atoms with E-state index in [1.807, 2.05) is 54.6 Å². The van der Waals surface area contributed by atoms with E-state index in [-0.39, 0.29) is 11.4 Å². The third-order valence-corrected chi connectivity index (χ3v) is 8.91. The maximum absolute atomic E-state index is 13.7. The Hall–Kier alpha value is -3.02. The predicted octanol–water partition coefficient (Wildman–Crippen LogP) is 8.69. The molecule has 0 aromatic heterocycles. The second kappa shape index (κ2) is 11.6. The number of nitrogens with zero attached hydrogens (tertiary/aromatic N) is 3. The van der Waals surface area contributed by atoms with E-state index in [1.165, 1.54) is 28.6 Å². The average molecular weight is 558 g/mol. The normalized spacial score (nSPS) is 20.6. The number of fused-ring (bicyclic) bond motifs is 1. The molecule has 3 aromatic rings. The molecule has 39 heavy (non-hydrogen) atoms. The fourth-order valence-corrected chi connectivity index (χ4v) is 6.93. The van der Waals surface area contributed by atoms with Gasteiger partial charge in [0.2, 0.25) is 0 Å². The number of aliphatic imine (C=N–C) groups is 1. The first-order chi connectivity index (χ1) is 18.8. The molecule has 1 saturated heterocycles. The Morgan fingerprint density at radius 1 is 1.05 bits per heavy atom. The number of hydrogen-bond acceptors (Lipinski definition) is 4. The van der Waals surface area contributed by atoms with Crippen LogP contribution in [0, 0.1) is 0 Å². The Balaban J connectivity index is 1.49. The molecule has 1 fully saturated rings. The van der Waals surface area contributed by atoms with Crippen LogP contribution in [0.5, 0.6) is 0 Å². The Labute approximate surface area is 241 Å². The summed E-state index contributed by atoms with van der Waals surface area (Å²) in [7, 11) is 0. The number of para-hydroxylation sites is 1. The summed E-state index contributed by atoms with van der Waals surface area (Å²) >= 11 is 8.33. The van der Waals surface area contributed by atoms with Crippen LogP contribution in [0.15, 0.2) is 82.7 Å². The fraction of sp³-hybridized carbons (Fsp3) is 0.333. The third-order valence-electron chi connectivity index (χ3n) is 7.57. The second-order valence-corrected chi connectivity index (χ2v) is 12.5. The molecule has 0 N–H and O–H groups in total. The van der Waals surface area contributed by atoms with E-state index in [0.717, 1.165) is 37.1 Å². The van der Waals surface area contributed by atoms with Crippen LogP contribution in [0.25, 0.3) is 6.08 Å². The average Bonchev–Trinajstić information content (AvgIpc) is 3.20. The van der Waals surface area contributed by atoms with Gasteiger partial charge in [0, 0.05) is 29.3 Å². The molecule has 2 heterocycles. The molecule has 0 aliphatic carbocycles. The molecule has 0 spiro atoms. The molecular formula is C33H36ClN3OS. The van der Waals surface area contributed by atoms with Crippen molar-refractivity contribution in [3.8, 4) is 0 Å². The van der Waals surface area contributed by atoms with Crippen LogP contribution in [-0.2, 0) is 11.2 Å². The lowest BCUT2D eigenvalue weighted by Crippen LogP contribution is -2.48. The molecule has 3 aromatic carbocycles. The van der Waals surface area contributed by atoms with Crippen LogP contribution in [-0.4, -0.2) is 34.6 Å². The number of benzene rings is 3. The Kier molecular flexibility index (Phi) is 8.20. The van der Waals surface area contributed by atoms with Crippen LogP contribution in [0.4, 0.5) is 11.4 Å². The van der Waals surface area contributed by atoms with Crippen molar-refractivity contribution < 1.29 is 4.79 Å². The number of amidine groups is 1. The van der Waals surface area contributed by atoms with Crippen molar-refractivity contribution in [2.75, 3.05) is 18.0 Å². The second-order valence-electron chi connectivity index (χ2n) is 11.0. The van der Waals surface area contributed by atoms with Gasteiger partial charge >= 0.3 is 0 Å². The zero-order chi connectivity index (χ0) is 27.6. The van der Waals surface area contributed by atoms with Gasteiger partial charge in [0.25, 0.3) is 5.91 Å². The van der Waals surface area contributed by atoms with Crippen molar-refractivity contribution in [3.05, 3.63) is 99.4 Å². The van der Waals surface area contributed by atoms with Gasteiger partial charge in [0.05, 0.1) is 10.6 Å². The number of hydrogen-bond donors (Lipinski definition) is 0. The van der Waals surface area contributed by atoms with E-state index in [2.05, 4.69) is 56.9 Å². The molecule has 1 unspecified atom stereocenters. The van der Waals surface area contributed by atoms with E-state index < -0.39 is 0 Å². The number of thioether (sulfide) groups is 1. The summed E-state index contributed by atoms with van der Waals surface area (Å²) in [6, 6.07) is 24.4. The zero-order valence-electron chi connectivity index (χ0n) is 23.2. The van der Waals surface area contributed by atoms with Crippen molar-refractivity contribution in [1.29, 1.82) is 0 Å². The van der Waals surface area contributed by atoms with Gasteiger partial charge in [-0.1, -0.05) is 74.0 Å². The number of anilines is 1. The molecule has 1 amide bonds. The van der Waals surface area contributed by atoms with Gasteiger partial charge in [-0.2, -0.15) is 0 Å². The largest absolute Gasteiger partial charge is 0.366 e. The fourth-order valence-electron chi connectivity index (χ4n) is 5.71. The standard InChI is InChI=1S/C33H36ClN3OS/c1-5-17-37-29-21-28(34)25(19-27(29)23(2)22-33(37,3)4)20-30-31(38)36(18-16-24-12-8-6-9-13-24)32(39-30)35-26-14-10-7-11-15-26/h6-15,19-21,23H,5,16-18,22H2,1-4H3/b30-20+,35-32?. The molecular weight excluding hydrogens is 522 g/mol. The highest BCUT2D eigenvalue weighted by Gasteiger charge is 2.37. The Morgan fingerprint density at radius 3 is 2.44 bits per heavy atom. The summed E-state index contributed by atoms with van der Waals surface area (Å²) in [5.41, 5.74) is 5.50. The molecule has 0 radical (unpaired) electrons. The molecule has 0 saturated carbocycles. The topological polar surface area (TPSA) is 35.9 Å². The number of amides is 1. The first-order valence-corrected chi connectivity index (χ1v) is 15.0. The van der Waals surface area contributed by atoms with E-state index in [4.69, 9.17) is 16.6 Å². The summed E-state index contributed by atoms with van der Waals surface area (Å²) in [6.07, 6.45) is 4.87. The van der Waals surface area contributed by atoms with Crippen LogP contribution in [0.3, 0.4) is 0 Å². The van der Waals surface area contributed by atoms with Gasteiger partial charge in [-0.05, 0) is 97.8 Å². The number of halogens is 1. The minimum absolute atomic E-state index is 0.0267. The predicted molar refractivity (Wildman–Crippen MR) is 167 cm³/mol. The van der Waals surface area contributed by atoms with Crippen molar-refractivity contribution in [1.82, 2.24) is 4.90 Å². The lowest BCUT2D eigenvalue weighted by Gasteiger charge is -2.47. The summed E-state index contributed by atoms with van der Waals surface area (Å²) in [5.74, 6) is 0.378. The van der Waals surface area contributed by atoms with Gasteiger partial charge in [-0.3, -0.25) is 9.69 Å². The molecule has 1 atom stereocenters. The van der Waals surface area contributed by atoms with Crippen LogP contribution in [0.1, 0.15) is 63.1 Å². The highest BCUT2D eigenvalue weighted by molar-refractivity contribution is 8.18. The van der Waals surface area contributed by atoms with E-state index in [0.29, 0.717) is 27.6 Å². The van der Waals surface area contributed by atoms with Crippen molar-refractivity contribution in [2.24, 2.45) is 4.99 Å². The van der Waals surface area contributed by atoms with Crippen molar-refractivity contribution >= 4 is 51.9 Å². The third kappa shape index (κ3) is 5.95. The van der Waals surface area contributed by atoms with Crippen molar-refractivity contribution in [2.45, 2.75) is 58.4 Å². The van der Waals surface area contributed by atoms with Gasteiger partial charge in [0.1, 0.15) is 0 Å². The first kappa shape index (κ1) is 27.5. The van der Waals surface area contributed by atoms with E-state index in [9.17, 15) is 4.79 Å². The first-order valence-electron chi connectivity index (χ1n) is 13.8. The van der Waals surface area contributed by atoms with Crippen LogP contribution < -0.4 is 4.90 Å². The SMILES string of the molecule is CCCN1c2cc(Cl)c(/C=C3/SC(=Nc4ccccc4)N(CCc4ccccc4)C3=O)cc2C(C)CC1(C)C. The van der Waals surface area contributed by atoms with Crippen molar-refractivity contribution in [3.63, 3.8) is 0 Å². The smallest absolute Gasteiger partial charge is 0.266 e. The lowest BCUT2D eigenvalue weighted by atomic mass is 9.79. The van der Waals surface area contributed by atoms with Gasteiger partial charge in [0.15, 0.2) is 5.17 Å². The lowest BCUT2D eigenvalue weighted by molar-refractivity contribution is -0.122. The maximum Gasteiger partial charge on any atom is 0.266 e. The highest BCUT2D eigenvalue weighted by Crippen LogP contribution is 2.46. The summed E-state index contributed by atoms with van der Waals surface area (Å²) in [5, 5.41) is 1.37. The zero-order valence-corrected chi connectivity index (χ0v) is 24.7. The molecule has 202 valence electrons. The molecule has 6 heteroatoms. The highest BCUT2D eigenvalue weighted by atomic mass is 35.5. The summed E-state index contributed by atoms with van der Waals surface area (Å²) < 4.78 is 0. The Bertz CT molecular complexity index is 1400. The quantitative estimate of drug-likeness (QED) is 0.272. The minimum atomic E-state index is -0.0267. The molecule has 4 nitrogen and oxygen atoms in total.